The maximum atomic E-state index is 16.0. The highest BCUT2D eigenvalue weighted by atomic mass is 32.5. The van der Waals surface area contributed by atoms with E-state index in [0.29, 0.717) is 11.2 Å². The number of nitrogens with zero attached hydrogens (tertiary/aromatic N) is 7. The van der Waals surface area contributed by atoms with Gasteiger partial charge in [-0.2, -0.15) is 0 Å². The van der Waals surface area contributed by atoms with Crippen molar-refractivity contribution < 1.29 is 45.8 Å². The van der Waals surface area contributed by atoms with Crippen molar-refractivity contribution in [1.82, 2.24) is 34.1 Å². The number of nitrogens with two attached hydrogens (primary N) is 2. The number of pyridine rings is 1. The molecule has 0 amide bonds. The van der Waals surface area contributed by atoms with Crippen LogP contribution >= 0.6 is 14.2 Å². The van der Waals surface area contributed by atoms with Gasteiger partial charge in [-0.25, -0.2) is 33.7 Å². The second-order valence-electron chi connectivity index (χ2n) is 10.1. The molecule has 3 fully saturated rings. The fourth-order valence-corrected chi connectivity index (χ4v) is 7.72. The lowest BCUT2D eigenvalue weighted by Crippen LogP contribution is -2.37. The zero-order valence-electron chi connectivity index (χ0n) is 22.1. The minimum absolute atomic E-state index is 0.0500. The summed E-state index contributed by atoms with van der Waals surface area (Å²) in [7, 11) is 1.28. The first-order chi connectivity index (χ1) is 20.9. The molecule has 10 atom stereocenters. The minimum atomic E-state index is -4.56. The van der Waals surface area contributed by atoms with E-state index in [0.717, 1.165) is 6.33 Å². The molecule has 5 N–H and O–H groups in total. The molecule has 44 heavy (non-hydrogen) atoms. The Morgan fingerprint density at radius 1 is 0.909 bits per heavy atom. The maximum absolute atomic E-state index is 16.0. The highest BCUT2D eigenvalue weighted by Crippen LogP contribution is 2.54. The summed E-state index contributed by atoms with van der Waals surface area (Å²) in [5.41, 5.74) is 12.9. The zero-order valence-corrected chi connectivity index (χ0v) is 24.8. The van der Waals surface area contributed by atoms with Gasteiger partial charge in [0.2, 0.25) is 7.57 Å². The summed E-state index contributed by atoms with van der Waals surface area (Å²) in [5, 5.41) is 0. The number of hydrogen-bond donors (Lipinski definition) is 3. The molecule has 3 aliphatic heterocycles. The lowest BCUT2D eigenvalue weighted by Gasteiger charge is -2.29. The number of halogens is 2. The second-order valence-corrected chi connectivity index (χ2v) is 14.4. The summed E-state index contributed by atoms with van der Waals surface area (Å²) >= 11 is 5.15. The average molecular weight is 671 g/mol. The van der Waals surface area contributed by atoms with Crippen molar-refractivity contribution in [3.8, 4) is 0 Å². The summed E-state index contributed by atoms with van der Waals surface area (Å²) in [4.78, 5) is 31.3. The van der Waals surface area contributed by atoms with Crippen LogP contribution in [0.5, 0.6) is 0 Å². The highest BCUT2D eigenvalue weighted by Gasteiger charge is 2.53. The molecule has 0 aromatic carbocycles. The number of nitrogen functional groups attached to an aromatic ring is 2. The van der Waals surface area contributed by atoms with Crippen molar-refractivity contribution in [3.05, 3.63) is 31.2 Å². The van der Waals surface area contributed by atoms with Gasteiger partial charge in [-0.1, -0.05) is 0 Å². The SMILES string of the molecule is [B][P@@]1(=O)OC[C@H]2O[C@@H](n3cnc4c(N)ccnc43)[C@H](F)[C@@H]2OP(O)(=S)OC[C@H]2O[C@@H](n3cnc4c(N)ncnc43)[C@H](F)[C@@H]2O1. The highest BCUT2D eigenvalue weighted by molar-refractivity contribution is 8.07. The van der Waals surface area contributed by atoms with Gasteiger partial charge in [-0.05, 0) is 17.9 Å². The number of alkyl halides is 2. The molecule has 0 spiro atoms. The van der Waals surface area contributed by atoms with Gasteiger partial charge in [0, 0.05) is 6.20 Å². The van der Waals surface area contributed by atoms with Crippen molar-refractivity contribution in [2.45, 2.75) is 49.2 Å². The smallest absolute Gasteiger partial charge is 0.325 e. The van der Waals surface area contributed by atoms with Crippen LogP contribution in [0.3, 0.4) is 0 Å². The van der Waals surface area contributed by atoms with Gasteiger partial charge in [-0.15, -0.1) is 0 Å². The number of fused-ring (bicyclic) bond motifs is 4. The monoisotopic (exact) mass is 671 g/mol. The molecule has 3 saturated heterocycles. The summed E-state index contributed by atoms with van der Waals surface area (Å²) < 4.78 is 81.1. The van der Waals surface area contributed by atoms with Crippen molar-refractivity contribution in [2.24, 2.45) is 0 Å². The molecule has 0 aliphatic carbocycles. The van der Waals surface area contributed by atoms with E-state index in [4.69, 9.17) is 58.4 Å². The molecule has 0 bridgehead atoms. The molecule has 0 saturated carbocycles. The first-order valence-corrected chi connectivity index (χ1v) is 17.1. The van der Waals surface area contributed by atoms with Crippen LogP contribution in [0.25, 0.3) is 22.3 Å². The molecule has 7 rings (SSSR count). The van der Waals surface area contributed by atoms with Crippen molar-refractivity contribution in [1.29, 1.82) is 0 Å². The lowest BCUT2D eigenvalue weighted by atomic mass is 10.1. The van der Waals surface area contributed by atoms with Gasteiger partial charge < -0.3 is 39.4 Å². The van der Waals surface area contributed by atoms with E-state index in [1.54, 1.807) is 0 Å². The van der Waals surface area contributed by atoms with E-state index in [1.807, 2.05) is 0 Å². The second kappa shape index (κ2) is 11.0. The van der Waals surface area contributed by atoms with Crippen LogP contribution in [0.2, 0.25) is 0 Å². The number of rotatable bonds is 2. The Kier molecular flexibility index (Phi) is 7.48. The van der Waals surface area contributed by atoms with Crippen molar-refractivity contribution >= 4 is 67.4 Å². The van der Waals surface area contributed by atoms with E-state index in [-0.39, 0.29) is 22.6 Å². The minimum Gasteiger partial charge on any atom is -0.397 e. The normalized spacial score (nSPS) is 38.2. The molecule has 7 heterocycles. The van der Waals surface area contributed by atoms with Crippen LogP contribution in [0.15, 0.2) is 31.2 Å². The Morgan fingerprint density at radius 3 is 2.18 bits per heavy atom. The number of anilines is 2. The molecule has 4 aromatic rings. The van der Waals surface area contributed by atoms with Gasteiger partial charge >= 0.3 is 6.72 Å². The molecule has 3 aliphatic rings. The standard InChI is InChI=1S/C21H22BF2N9O8P2S/c22-42(34)36-3-9-16(12(24)21(38-9)32-6-30-13-8(25)1-2-27-18(13)32)41-43(35,44)37-4-10-15(40-42)11(23)20(39-10)33-7-31-14-17(26)28-5-29-19(14)33/h1-2,5-7,9-12,15-16,20-21H,3-4H2,(H2,25,27)(H,35,44)(H2,26,28,29)/t9-,10-,11-,12-,15-,16-,20-,21-,42-,43?/m1/s1. The van der Waals surface area contributed by atoms with E-state index < -0.39 is 76.6 Å². The van der Waals surface area contributed by atoms with Gasteiger partial charge in [0.1, 0.15) is 41.8 Å². The number of hydrogen-bond acceptors (Lipinski definition) is 15. The largest absolute Gasteiger partial charge is 0.397 e. The average Bonchev–Trinajstić information content (AvgIpc) is 3.73. The first-order valence-electron chi connectivity index (χ1n) is 12.9. The van der Waals surface area contributed by atoms with Gasteiger partial charge in [-0.3, -0.25) is 18.2 Å². The third-order valence-electron chi connectivity index (χ3n) is 7.31. The van der Waals surface area contributed by atoms with E-state index in [9.17, 15) is 9.46 Å². The van der Waals surface area contributed by atoms with Crippen LogP contribution < -0.4 is 11.5 Å². The Labute approximate surface area is 252 Å². The molecule has 1 unspecified atom stereocenters. The van der Waals surface area contributed by atoms with Gasteiger partial charge in [0.15, 0.2) is 41.9 Å². The predicted molar refractivity (Wildman–Crippen MR) is 151 cm³/mol. The number of ether oxygens (including phenoxy) is 2. The Hall–Kier alpha value is -2.71. The predicted octanol–water partition coefficient (Wildman–Crippen LogP) is 1.22. The molecular formula is C21H22BF2N9O8P2S. The van der Waals surface area contributed by atoms with Gasteiger partial charge in [0.25, 0.3) is 7.47 Å². The zero-order chi connectivity index (χ0) is 31.0. The van der Waals surface area contributed by atoms with Crippen LogP contribution in [-0.4, -0.2) is 96.5 Å². The van der Waals surface area contributed by atoms with Crippen LogP contribution in [0.4, 0.5) is 20.3 Å². The van der Waals surface area contributed by atoms with Crippen molar-refractivity contribution in [2.75, 3.05) is 24.7 Å². The molecule has 17 nitrogen and oxygen atoms in total. The summed E-state index contributed by atoms with van der Waals surface area (Å²) in [5.74, 6) is 0.0500. The maximum Gasteiger partial charge on any atom is 0.325 e. The third-order valence-corrected chi connectivity index (χ3v) is 9.91. The summed E-state index contributed by atoms with van der Waals surface area (Å²) in [6.07, 6.45) is -7.79. The molecule has 23 heteroatoms. The third kappa shape index (κ3) is 5.20. The topological polar surface area (TPSA) is 219 Å². The van der Waals surface area contributed by atoms with E-state index in [2.05, 4.69) is 24.9 Å². The summed E-state index contributed by atoms with van der Waals surface area (Å²) in [6.45, 7) is -5.55. The number of imidazole rings is 2. The fraction of sp³-hybridized carbons (Fsp3) is 0.476. The molecule has 4 aromatic heterocycles. The Morgan fingerprint density at radius 2 is 1.50 bits per heavy atom. The van der Waals surface area contributed by atoms with Crippen LogP contribution in [0, 0.1) is 0 Å². The van der Waals surface area contributed by atoms with Crippen LogP contribution in [-0.2, 0) is 43.9 Å². The van der Waals surface area contributed by atoms with E-state index >= 15 is 8.78 Å². The lowest BCUT2D eigenvalue weighted by molar-refractivity contribution is -0.0566. The molecular weight excluding hydrogens is 649 g/mol. The van der Waals surface area contributed by atoms with Crippen LogP contribution in [0.1, 0.15) is 12.5 Å². The Bertz CT molecular complexity index is 1710. The van der Waals surface area contributed by atoms with E-state index in [1.165, 1.54) is 34.1 Å². The Balaban J connectivity index is 1.17. The van der Waals surface area contributed by atoms with Gasteiger partial charge in [0.05, 0.1) is 31.6 Å². The summed E-state index contributed by atoms with van der Waals surface area (Å²) in [6, 6.07) is 1.52. The molecule has 232 valence electrons. The molecule has 2 radical (unpaired) electrons. The quantitative estimate of drug-likeness (QED) is 0.201. The van der Waals surface area contributed by atoms with Crippen molar-refractivity contribution in [3.63, 3.8) is 0 Å². The fourth-order valence-electron chi connectivity index (χ4n) is 5.28. The first kappa shape index (κ1) is 30.0. The number of aromatic nitrogens is 7.